The van der Waals surface area contributed by atoms with E-state index in [1.165, 1.54) is 0 Å². The van der Waals surface area contributed by atoms with Gasteiger partial charge in [-0.25, -0.2) is 4.98 Å². The summed E-state index contributed by atoms with van der Waals surface area (Å²) in [6, 6.07) is 7.90. The quantitative estimate of drug-likeness (QED) is 0.782. The van der Waals surface area contributed by atoms with E-state index in [0.717, 1.165) is 48.5 Å². The fourth-order valence-corrected chi connectivity index (χ4v) is 2.24. The summed E-state index contributed by atoms with van der Waals surface area (Å²) < 4.78 is 0. The fraction of sp³-hybridized carbons (Fsp3) is 0.400. The average molecular weight is 258 g/mol. The molecule has 1 aromatic heterocycles. The Bertz CT molecular complexity index is 535. The van der Waals surface area contributed by atoms with Crippen molar-refractivity contribution in [1.29, 1.82) is 0 Å². The topological polar surface area (TPSA) is 54.2 Å². The van der Waals surface area contributed by atoms with Gasteiger partial charge in [-0.1, -0.05) is 26.0 Å². The highest BCUT2D eigenvalue weighted by molar-refractivity contribution is 5.99. The van der Waals surface area contributed by atoms with E-state index >= 15 is 0 Å². The predicted molar refractivity (Wildman–Crippen MR) is 82.4 cm³/mol. The van der Waals surface area contributed by atoms with Crippen molar-refractivity contribution in [3.05, 3.63) is 30.5 Å². The van der Waals surface area contributed by atoms with Crippen LogP contribution in [0.25, 0.3) is 10.8 Å². The van der Waals surface area contributed by atoms with E-state index in [2.05, 4.69) is 35.1 Å². The minimum Gasteiger partial charge on any atom is -0.398 e. The number of hydrogen-bond acceptors (Lipinski definition) is 4. The molecule has 2 aromatic rings. The number of hydrogen-bond donors (Lipinski definition) is 2. The van der Waals surface area contributed by atoms with Crippen LogP contribution >= 0.6 is 0 Å². The number of pyridine rings is 1. The van der Waals surface area contributed by atoms with E-state index in [9.17, 15) is 0 Å². The number of benzene rings is 1. The lowest BCUT2D eigenvalue weighted by Crippen LogP contribution is -2.28. The number of aromatic nitrogens is 1. The van der Waals surface area contributed by atoms with Crippen molar-refractivity contribution in [2.45, 2.75) is 13.8 Å². The zero-order valence-electron chi connectivity index (χ0n) is 11.7. The van der Waals surface area contributed by atoms with E-state index in [4.69, 9.17) is 5.73 Å². The molecule has 0 fully saturated rings. The summed E-state index contributed by atoms with van der Waals surface area (Å²) in [6.07, 6.45) is 1.80. The summed E-state index contributed by atoms with van der Waals surface area (Å²) in [5.74, 6) is 0.914. The molecular formula is C15H22N4. The van der Waals surface area contributed by atoms with Crippen LogP contribution in [0, 0.1) is 0 Å². The normalized spacial score (nSPS) is 11.1. The highest BCUT2D eigenvalue weighted by Gasteiger charge is 2.04. The van der Waals surface area contributed by atoms with Gasteiger partial charge in [0.2, 0.25) is 0 Å². The third-order valence-electron chi connectivity index (χ3n) is 3.45. The van der Waals surface area contributed by atoms with Crippen molar-refractivity contribution in [1.82, 2.24) is 9.88 Å². The number of nitrogen functional groups attached to an aromatic ring is 1. The van der Waals surface area contributed by atoms with Gasteiger partial charge in [-0.2, -0.15) is 0 Å². The second kappa shape index (κ2) is 6.38. The summed E-state index contributed by atoms with van der Waals surface area (Å²) in [7, 11) is 0. The smallest absolute Gasteiger partial charge is 0.133 e. The molecule has 4 heteroatoms. The highest BCUT2D eigenvalue weighted by Crippen LogP contribution is 2.25. The van der Waals surface area contributed by atoms with Crippen LogP contribution < -0.4 is 11.1 Å². The molecule has 0 saturated heterocycles. The third-order valence-corrected chi connectivity index (χ3v) is 3.45. The minimum absolute atomic E-state index is 0.798. The largest absolute Gasteiger partial charge is 0.398 e. The zero-order chi connectivity index (χ0) is 13.7. The second-order valence-corrected chi connectivity index (χ2v) is 4.56. The van der Waals surface area contributed by atoms with Gasteiger partial charge in [0, 0.05) is 35.7 Å². The molecule has 1 heterocycles. The summed E-state index contributed by atoms with van der Waals surface area (Å²) in [5, 5.41) is 5.55. The molecule has 0 atom stereocenters. The van der Waals surface area contributed by atoms with Crippen molar-refractivity contribution in [3.8, 4) is 0 Å². The number of anilines is 2. The van der Waals surface area contributed by atoms with Crippen LogP contribution in [0.15, 0.2) is 30.5 Å². The van der Waals surface area contributed by atoms with Gasteiger partial charge in [0.1, 0.15) is 5.82 Å². The monoisotopic (exact) mass is 258 g/mol. The van der Waals surface area contributed by atoms with E-state index in [1.807, 2.05) is 18.2 Å². The van der Waals surface area contributed by atoms with Crippen LogP contribution in [0.2, 0.25) is 0 Å². The first-order valence-electron chi connectivity index (χ1n) is 6.85. The SMILES string of the molecule is CCN(CC)CCNc1nccc2c(N)cccc12. The Balaban J connectivity index is 2.11. The third kappa shape index (κ3) is 3.15. The maximum Gasteiger partial charge on any atom is 0.133 e. The van der Waals surface area contributed by atoms with Crippen LogP contribution in [-0.2, 0) is 0 Å². The van der Waals surface area contributed by atoms with E-state index in [0.29, 0.717) is 0 Å². The molecule has 3 N–H and O–H groups in total. The number of nitrogens with two attached hydrogens (primary N) is 1. The van der Waals surface area contributed by atoms with Gasteiger partial charge in [0.15, 0.2) is 0 Å². The molecule has 102 valence electrons. The summed E-state index contributed by atoms with van der Waals surface area (Å²) in [4.78, 5) is 6.79. The molecular weight excluding hydrogens is 236 g/mol. The molecule has 19 heavy (non-hydrogen) atoms. The van der Waals surface area contributed by atoms with Crippen molar-refractivity contribution in [2.75, 3.05) is 37.2 Å². The summed E-state index contributed by atoms with van der Waals surface area (Å²) in [5.41, 5.74) is 6.78. The van der Waals surface area contributed by atoms with Gasteiger partial charge in [-0.15, -0.1) is 0 Å². The molecule has 2 rings (SSSR count). The molecule has 0 unspecified atom stereocenters. The van der Waals surface area contributed by atoms with Gasteiger partial charge >= 0.3 is 0 Å². The molecule has 4 nitrogen and oxygen atoms in total. The van der Waals surface area contributed by atoms with Crippen molar-refractivity contribution < 1.29 is 0 Å². The Hall–Kier alpha value is -1.81. The number of rotatable bonds is 6. The molecule has 0 radical (unpaired) electrons. The summed E-state index contributed by atoms with van der Waals surface area (Å²) >= 11 is 0. The Morgan fingerprint density at radius 1 is 1.16 bits per heavy atom. The van der Waals surface area contributed by atoms with E-state index in [-0.39, 0.29) is 0 Å². The maximum atomic E-state index is 5.98. The molecule has 0 aliphatic carbocycles. The first-order valence-corrected chi connectivity index (χ1v) is 6.85. The number of fused-ring (bicyclic) bond motifs is 1. The van der Waals surface area contributed by atoms with Crippen molar-refractivity contribution >= 4 is 22.3 Å². The summed E-state index contributed by atoms with van der Waals surface area (Å²) in [6.45, 7) is 8.43. The minimum atomic E-state index is 0.798. The van der Waals surface area contributed by atoms with Gasteiger partial charge in [0.25, 0.3) is 0 Å². The Kier molecular flexibility index (Phi) is 4.58. The van der Waals surface area contributed by atoms with Gasteiger partial charge in [0.05, 0.1) is 0 Å². The molecule has 0 aliphatic heterocycles. The average Bonchev–Trinajstić information content (AvgIpc) is 2.44. The van der Waals surface area contributed by atoms with Crippen LogP contribution in [0.3, 0.4) is 0 Å². The van der Waals surface area contributed by atoms with Gasteiger partial charge < -0.3 is 16.0 Å². The lowest BCUT2D eigenvalue weighted by Gasteiger charge is -2.18. The van der Waals surface area contributed by atoms with Gasteiger partial charge in [-0.3, -0.25) is 0 Å². The lowest BCUT2D eigenvalue weighted by molar-refractivity contribution is 0.316. The van der Waals surface area contributed by atoms with Crippen LogP contribution in [-0.4, -0.2) is 36.1 Å². The van der Waals surface area contributed by atoms with Crippen LogP contribution in [0.4, 0.5) is 11.5 Å². The molecule has 0 aliphatic rings. The molecule has 0 saturated carbocycles. The standard InChI is InChI=1S/C15H22N4/c1-3-19(4-2)11-10-18-15-13-6-5-7-14(16)12(13)8-9-17-15/h5-9H,3-4,10-11,16H2,1-2H3,(H,17,18). The van der Waals surface area contributed by atoms with E-state index in [1.54, 1.807) is 6.20 Å². The Morgan fingerprint density at radius 2 is 1.95 bits per heavy atom. The van der Waals surface area contributed by atoms with Crippen molar-refractivity contribution in [3.63, 3.8) is 0 Å². The predicted octanol–water partition coefficient (Wildman–Crippen LogP) is 2.57. The number of nitrogens with zero attached hydrogens (tertiary/aromatic N) is 2. The second-order valence-electron chi connectivity index (χ2n) is 4.56. The number of nitrogens with one attached hydrogen (secondary N) is 1. The number of likely N-dealkylation sites (N-methyl/N-ethyl adjacent to an activating group) is 1. The van der Waals surface area contributed by atoms with E-state index < -0.39 is 0 Å². The maximum absolute atomic E-state index is 5.98. The molecule has 1 aromatic carbocycles. The first kappa shape index (κ1) is 13.6. The Labute approximate surface area is 114 Å². The molecule has 0 bridgehead atoms. The lowest BCUT2D eigenvalue weighted by atomic mass is 10.1. The Morgan fingerprint density at radius 3 is 2.68 bits per heavy atom. The van der Waals surface area contributed by atoms with Crippen LogP contribution in [0.5, 0.6) is 0 Å². The zero-order valence-corrected chi connectivity index (χ0v) is 11.7. The fourth-order valence-electron chi connectivity index (χ4n) is 2.24. The van der Waals surface area contributed by atoms with Crippen LogP contribution in [0.1, 0.15) is 13.8 Å². The molecule has 0 amide bonds. The molecule has 0 spiro atoms. The van der Waals surface area contributed by atoms with Gasteiger partial charge in [-0.05, 0) is 25.2 Å². The highest BCUT2D eigenvalue weighted by atomic mass is 15.1. The first-order chi connectivity index (χ1) is 9.26. The van der Waals surface area contributed by atoms with Crippen molar-refractivity contribution in [2.24, 2.45) is 0 Å².